The maximum absolute atomic E-state index is 2.55. The van der Waals surface area contributed by atoms with Crippen molar-refractivity contribution in [1.82, 2.24) is 0 Å². The van der Waals surface area contributed by atoms with Gasteiger partial charge in [0.25, 0.3) is 0 Å². The number of anilines is 6. The van der Waals surface area contributed by atoms with Gasteiger partial charge in [0, 0.05) is 34.1 Å². The van der Waals surface area contributed by atoms with Crippen LogP contribution in [0.1, 0.15) is 0 Å². The third kappa shape index (κ3) is 7.07. The van der Waals surface area contributed by atoms with Crippen LogP contribution in [0.25, 0.3) is 87.6 Å². The highest BCUT2D eigenvalue weighted by Gasteiger charge is 2.40. The lowest BCUT2D eigenvalue weighted by molar-refractivity contribution is 1.29. The van der Waals surface area contributed by atoms with Crippen LogP contribution in [-0.4, -0.2) is 16.1 Å². The third-order valence-electron chi connectivity index (χ3n) is 17.4. The van der Waals surface area contributed by atoms with Crippen LogP contribution in [0.2, 0.25) is 26.2 Å². The molecule has 0 unspecified atom stereocenters. The van der Waals surface area contributed by atoms with Gasteiger partial charge >= 0.3 is 0 Å². The summed E-state index contributed by atoms with van der Waals surface area (Å²) < 4.78 is 0. The Morgan fingerprint density at radius 2 is 0.526 bits per heavy atom. The summed E-state index contributed by atoms with van der Waals surface area (Å²) in [5.74, 6) is 0. The average molecular weight is 1030 g/mol. The van der Waals surface area contributed by atoms with Gasteiger partial charge in [0.1, 0.15) is 16.1 Å². The van der Waals surface area contributed by atoms with E-state index in [1.54, 1.807) is 0 Å². The molecule has 0 saturated carbocycles. The molecule has 78 heavy (non-hydrogen) atoms. The van der Waals surface area contributed by atoms with Crippen LogP contribution in [0, 0.1) is 0 Å². The average Bonchev–Trinajstić information content (AvgIpc) is 3.63. The molecule has 2 aliphatic heterocycles. The van der Waals surface area contributed by atoms with E-state index in [0.717, 1.165) is 11.4 Å². The topological polar surface area (TPSA) is 6.48 Å². The molecule has 0 radical (unpaired) electrons. The Morgan fingerprint density at radius 1 is 0.244 bits per heavy atom. The highest BCUT2D eigenvalue weighted by Crippen LogP contribution is 2.53. The second-order valence-electron chi connectivity index (χ2n) is 22.4. The Kier molecular flexibility index (Phi) is 10.5. The molecule has 0 amide bonds. The molecule has 0 bridgehead atoms. The zero-order chi connectivity index (χ0) is 52.3. The summed E-state index contributed by atoms with van der Waals surface area (Å²) in [4.78, 5) is 5.11. The quantitative estimate of drug-likeness (QED) is 0.121. The van der Waals surface area contributed by atoms with Crippen LogP contribution in [0.4, 0.5) is 34.1 Å². The number of nitrogens with zero attached hydrogens (tertiary/aromatic N) is 2. The first-order chi connectivity index (χ1) is 38.2. The Bertz CT molecular complexity index is 4190. The first-order valence-corrected chi connectivity index (χ1v) is 33.4. The Hall–Kier alpha value is -9.07. The molecule has 2 heterocycles. The van der Waals surface area contributed by atoms with Crippen molar-refractivity contribution in [1.29, 1.82) is 0 Å². The maximum Gasteiger partial charge on any atom is 0.117 e. The maximum atomic E-state index is 2.55. The summed E-state index contributed by atoms with van der Waals surface area (Å²) in [6.45, 7) is 10.0. The Labute approximate surface area is 458 Å². The standard InChI is InChI=1S/C74H56N2Si2/c1-77(2)69-35-19-15-31-65(69)75(66-32-16-20-36-70(66)77)55-39-41-57-63(47-55)73(61-45-53-29-13-11-27-51(53)43-59(61)49-23-7-5-8-24-49)58-42-40-56(76-67-33-17-21-37-71(67)78(3,4)72-38-22-18-34-68(72)76)48-64(58)74(57)62-46-54-30-14-12-28-52(54)44-60(62)50-25-9-6-10-26-50/h5-48H,1-4H3. The van der Waals surface area contributed by atoms with Gasteiger partial charge in [-0.15, -0.1) is 0 Å². The fourth-order valence-electron chi connectivity index (χ4n) is 13.6. The van der Waals surface area contributed by atoms with Gasteiger partial charge in [-0.05, 0) is 181 Å². The van der Waals surface area contributed by atoms with Gasteiger partial charge in [-0.25, -0.2) is 0 Å². The van der Waals surface area contributed by atoms with Gasteiger partial charge in [0.15, 0.2) is 0 Å². The molecule has 13 aromatic rings. The fraction of sp³-hybridized carbons (Fsp3) is 0.0541. The molecule has 13 aromatic carbocycles. The van der Waals surface area contributed by atoms with E-state index in [1.807, 2.05) is 0 Å². The molecular formula is C74H56N2Si2. The molecule has 0 aliphatic carbocycles. The molecule has 15 rings (SSSR count). The number of fused-ring (bicyclic) bond motifs is 8. The fourth-order valence-corrected chi connectivity index (χ4v) is 19.5. The third-order valence-corrected chi connectivity index (χ3v) is 24.4. The van der Waals surface area contributed by atoms with Crippen LogP contribution in [0.15, 0.2) is 267 Å². The predicted octanol–water partition coefficient (Wildman–Crippen LogP) is 18.2. The summed E-state index contributed by atoms with van der Waals surface area (Å²) in [6.07, 6.45) is 0. The molecule has 0 spiro atoms. The summed E-state index contributed by atoms with van der Waals surface area (Å²) >= 11 is 0. The van der Waals surface area contributed by atoms with Crippen molar-refractivity contribution >= 4 is 114 Å². The number of para-hydroxylation sites is 4. The first-order valence-electron chi connectivity index (χ1n) is 27.4. The monoisotopic (exact) mass is 1030 g/mol. The molecule has 0 fully saturated rings. The van der Waals surface area contributed by atoms with Crippen molar-refractivity contribution in [2.24, 2.45) is 0 Å². The van der Waals surface area contributed by atoms with Crippen molar-refractivity contribution in [2.75, 3.05) is 9.80 Å². The van der Waals surface area contributed by atoms with Crippen molar-refractivity contribution in [3.8, 4) is 44.5 Å². The Morgan fingerprint density at radius 3 is 0.859 bits per heavy atom. The van der Waals surface area contributed by atoms with E-state index >= 15 is 0 Å². The van der Waals surface area contributed by atoms with Crippen molar-refractivity contribution in [2.45, 2.75) is 26.2 Å². The molecule has 0 saturated heterocycles. The van der Waals surface area contributed by atoms with E-state index in [2.05, 4.69) is 303 Å². The van der Waals surface area contributed by atoms with Crippen LogP contribution in [0.3, 0.4) is 0 Å². The highest BCUT2D eigenvalue weighted by molar-refractivity contribution is 7.03. The zero-order valence-corrected chi connectivity index (χ0v) is 46.3. The normalized spacial score (nSPS) is 14.1. The van der Waals surface area contributed by atoms with Crippen molar-refractivity contribution in [3.63, 3.8) is 0 Å². The zero-order valence-electron chi connectivity index (χ0n) is 44.3. The summed E-state index contributed by atoms with van der Waals surface area (Å²) in [5, 5.41) is 15.5. The molecule has 4 heteroatoms. The summed E-state index contributed by atoms with van der Waals surface area (Å²) in [7, 11) is -4.12. The number of rotatable bonds is 6. The van der Waals surface area contributed by atoms with Gasteiger partial charge in [-0.2, -0.15) is 0 Å². The van der Waals surface area contributed by atoms with Crippen LogP contribution < -0.4 is 30.5 Å². The van der Waals surface area contributed by atoms with E-state index < -0.39 is 16.1 Å². The summed E-state index contributed by atoms with van der Waals surface area (Å²) in [6, 6.07) is 101. The van der Waals surface area contributed by atoms with Crippen molar-refractivity contribution in [3.05, 3.63) is 267 Å². The van der Waals surface area contributed by atoms with Gasteiger partial charge in [-0.3, -0.25) is 0 Å². The van der Waals surface area contributed by atoms with E-state index in [0.29, 0.717) is 0 Å². The molecule has 0 atom stereocenters. The van der Waals surface area contributed by atoms with Gasteiger partial charge in [0.2, 0.25) is 0 Å². The van der Waals surface area contributed by atoms with E-state index in [-0.39, 0.29) is 0 Å². The van der Waals surface area contributed by atoms with Gasteiger partial charge < -0.3 is 9.80 Å². The van der Waals surface area contributed by atoms with E-state index in [1.165, 1.54) is 131 Å². The minimum Gasteiger partial charge on any atom is -0.311 e. The largest absolute Gasteiger partial charge is 0.311 e. The molecule has 0 N–H and O–H groups in total. The molecule has 2 aliphatic rings. The summed E-state index contributed by atoms with van der Waals surface area (Å²) in [5.41, 5.74) is 17.0. The molecule has 2 nitrogen and oxygen atoms in total. The SMILES string of the molecule is C[Si]1(C)c2ccccc2N(c2ccc3c(-c4cc5ccccc5cc4-c4ccccc4)c4cc(N5c6ccccc6[Si](C)(C)c6ccccc65)ccc4c(-c4cc5ccccc5cc4-c4ccccc4)c3c2)c2ccccc21. The second-order valence-corrected chi connectivity index (χ2v) is 31.1. The predicted molar refractivity (Wildman–Crippen MR) is 341 cm³/mol. The minimum atomic E-state index is -2.06. The van der Waals surface area contributed by atoms with Crippen LogP contribution >= 0.6 is 0 Å². The lowest BCUT2D eigenvalue weighted by Crippen LogP contribution is -2.58. The highest BCUT2D eigenvalue weighted by atomic mass is 28.3. The van der Waals surface area contributed by atoms with Crippen LogP contribution in [-0.2, 0) is 0 Å². The van der Waals surface area contributed by atoms with E-state index in [9.17, 15) is 0 Å². The van der Waals surface area contributed by atoms with Gasteiger partial charge in [-0.1, -0.05) is 220 Å². The number of hydrogen-bond donors (Lipinski definition) is 0. The van der Waals surface area contributed by atoms with E-state index in [4.69, 9.17) is 0 Å². The number of benzene rings is 13. The number of hydrogen-bond acceptors (Lipinski definition) is 2. The molecule has 370 valence electrons. The second kappa shape index (κ2) is 17.8. The Balaban J connectivity index is 1.13. The van der Waals surface area contributed by atoms with Crippen molar-refractivity contribution < 1.29 is 0 Å². The van der Waals surface area contributed by atoms with Gasteiger partial charge in [0.05, 0.1) is 0 Å². The molecular weight excluding hydrogens is 973 g/mol. The smallest absolute Gasteiger partial charge is 0.117 e. The first kappa shape index (κ1) is 46.3. The lowest BCUT2D eigenvalue weighted by Gasteiger charge is -2.41. The van der Waals surface area contributed by atoms with Crippen LogP contribution in [0.5, 0.6) is 0 Å². The lowest BCUT2D eigenvalue weighted by atomic mass is 9.81. The molecule has 0 aromatic heterocycles. The minimum absolute atomic E-state index is 1.15.